The highest BCUT2D eigenvalue weighted by atomic mass is 15.0. The average Bonchev–Trinajstić information content (AvgIpc) is 4.08. The summed E-state index contributed by atoms with van der Waals surface area (Å²) in [7, 11) is 0. The van der Waals surface area contributed by atoms with Crippen LogP contribution in [-0.4, -0.2) is 13.7 Å². The molecule has 0 aliphatic heterocycles. The van der Waals surface area contributed by atoms with Crippen molar-refractivity contribution in [2.45, 2.75) is 24.7 Å². The highest BCUT2D eigenvalue weighted by Gasteiger charge is 2.52. The molecule has 0 radical (unpaired) electrons. The second kappa shape index (κ2) is 12.9. The normalized spacial score (nSPS) is 16.6. The van der Waals surface area contributed by atoms with Crippen molar-refractivity contribution in [3.63, 3.8) is 0 Å². The summed E-state index contributed by atoms with van der Waals surface area (Å²) in [5.74, 6) is 6.81. The minimum Gasteiger partial charge on any atom is -0.313 e. The first-order chi connectivity index (χ1) is 32.3. The second-order valence-corrected chi connectivity index (χ2v) is 18.1. The van der Waals surface area contributed by atoms with Crippen molar-refractivity contribution in [1.29, 1.82) is 0 Å². The molecule has 4 aliphatic rings. The third-order valence-electron chi connectivity index (χ3n) is 15.0. The summed E-state index contributed by atoms with van der Waals surface area (Å²) >= 11 is 0. The number of para-hydroxylation sites is 4. The third-order valence-corrected chi connectivity index (χ3v) is 15.0. The zero-order chi connectivity index (χ0) is 42.4. The molecule has 0 saturated carbocycles. The molecule has 3 heterocycles. The maximum atomic E-state index is 3.47. The predicted molar refractivity (Wildman–Crippen MR) is 270 cm³/mol. The Kier molecular flexibility index (Phi) is 6.97. The molecule has 0 bridgehead atoms. The molecular weight excluding hydrogens is 787 g/mol. The molecule has 0 N–H and O–H groups in total. The Bertz CT molecular complexity index is 4050. The minimum atomic E-state index is -0.482. The minimum absolute atomic E-state index is 0.482. The van der Waals surface area contributed by atoms with E-state index in [1.54, 1.807) is 0 Å². The van der Waals surface area contributed by atoms with Crippen molar-refractivity contribution >= 4 is 66.2 Å². The van der Waals surface area contributed by atoms with Gasteiger partial charge < -0.3 is 13.7 Å². The number of benzene rings is 8. The van der Waals surface area contributed by atoms with Crippen LogP contribution < -0.4 is 0 Å². The van der Waals surface area contributed by atoms with Crippen LogP contribution in [0.2, 0.25) is 0 Å². The van der Waals surface area contributed by atoms with E-state index >= 15 is 0 Å². The van der Waals surface area contributed by atoms with Crippen molar-refractivity contribution in [3.8, 4) is 40.0 Å². The molecule has 15 rings (SSSR count). The first kappa shape index (κ1) is 35.2. The zero-order valence-corrected chi connectivity index (χ0v) is 35.5. The topological polar surface area (TPSA) is 14.8 Å². The number of rotatable bonds is 3. The van der Waals surface area contributed by atoms with Crippen molar-refractivity contribution in [1.82, 2.24) is 13.7 Å². The Morgan fingerprint density at radius 2 is 0.969 bits per heavy atom. The van der Waals surface area contributed by atoms with Gasteiger partial charge in [-0.25, -0.2) is 0 Å². The molecule has 1 unspecified atom stereocenters. The summed E-state index contributed by atoms with van der Waals surface area (Å²) in [6.45, 7) is 0. The average molecular weight is 826 g/mol. The van der Waals surface area contributed by atoms with Crippen molar-refractivity contribution in [3.05, 3.63) is 233 Å². The summed E-state index contributed by atoms with van der Waals surface area (Å²) in [4.78, 5) is 0. The van der Waals surface area contributed by atoms with E-state index < -0.39 is 5.41 Å². The smallest absolute Gasteiger partial charge is 0.0723 e. The summed E-state index contributed by atoms with van der Waals surface area (Å²) < 4.78 is 7.59. The van der Waals surface area contributed by atoms with E-state index in [0.717, 1.165) is 36.3 Å². The van der Waals surface area contributed by atoms with Gasteiger partial charge in [0.1, 0.15) is 0 Å². The molecule has 65 heavy (non-hydrogen) atoms. The van der Waals surface area contributed by atoms with Crippen LogP contribution >= 0.6 is 0 Å². The van der Waals surface area contributed by atoms with Gasteiger partial charge in [-0.2, -0.15) is 0 Å². The van der Waals surface area contributed by atoms with Crippen molar-refractivity contribution < 1.29 is 0 Å². The molecule has 3 heteroatoms. The molecule has 0 saturated heterocycles. The fourth-order valence-corrected chi connectivity index (χ4v) is 12.6. The van der Waals surface area contributed by atoms with E-state index in [9.17, 15) is 0 Å². The molecular formula is C62H39N3. The molecule has 3 nitrogen and oxygen atoms in total. The molecule has 0 amide bonds. The van der Waals surface area contributed by atoms with Crippen LogP contribution in [0.3, 0.4) is 0 Å². The summed E-state index contributed by atoms with van der Waals surface area (Å²) in [6, 6.07) is 66.3. The fraction of sp³-hybridized carbons (Fsp3) is 0.0645. The first-order valence-corrected chi connectivity index (χ1v) is 22.9. The van der Waals surface area contributed by atoms with Crippen molar-refractivity contribution in [2.75, 3.05) is 0 Å². The second-order valence-electron chi connectivity index (χ2n) is 18.1. The van der Waals surface area contributed by atoms with Gasteiger partial charge in [-0.1, -0.05) is 145 Å². The van der Waals surface area contributed by atoms with E-state index in [4.69, 9.17) is 0 Å². The molecule has 302 valence electrons. The van der Waals surface area contributed by atoms with Gasteiger partial charge in [-0.05, 0) is 124 Å². The lowest BCUT2D eigenvalue weighted by Crippen LogP contribution is -2.26. The number of allylic oxidation sites excluding steroid dienone is 5. The van der Waals surface area contributed by atoms with E-state index in [1.165, 1.54) is 110 Å². The quantitative estimate of drug-likeness (QED) is 0.158. The van der Waals surface area contributed by atoms with Gasteiger partial charge in [0.15, 0.2) is 0 Å². The Morgan fingerprint density at radius 3 is 1.66 bits per heavy atom. The lowest BCUT2D eigenvalue weighted by molar-refractivity contribution is 0.786. The van der Waals surface area contributed by atoms with E-state index in [0.29, 0.717) is 0 Å². The molecule has 0 fully saturated rings. The van der Waals surface area contributed by atoms with E-state index in [1.807, 2.05) is 0 Å². The maximum absolute atomic E-state index is 3.47. The number of fused-ring (bicyclic) bond motifs is 18. The monoisotopic (exact) mass is 825 g/mol. The SMILES string of the molecule is C1#CCC2=C(C=C1)C1(c3ccccc32)c2ccccc2-c2cc3c4ccccc4n(-c4cc(-n5c6c(c7ccccc75)C=CCC6)cc(-n5c6ccccc6c6ccccc65)c4)c3cc21. The summed E-state index contributed by atoms with van der Waals surface area (Å²) in [6.07, 6.45) is 11.8. The number of hydrogen-bond acceptors (Lipinski definition) is 0. The van der Waals surface area contributed by atoms with Crippen LogP contribution in [0.5, 0.6) is 0 Å². The van der Waals surface area contributed by atoms with Gasteiger partial charge in [-0.3, -0.25) is 0 Å². The lowest BCUT2D eigenvalue weighted by Gasteiger charge is -2.31. The van der Waals surface area contributed by atoms with E-state index in [-0.39, 0.29) is 0 Å². The van der Waals surface area contributed by atoms with Crippen LogP contribution in [0, 0.1) is 11.8 Å². The lowest BCUT2D eigenvalue weighted by atomic mass is 9.69. The Hall–Kier alpha value is -8.32. The zero-order valence-electron chi connectivity index (χ0n) is 35.5. The molecule has 8 aromatic carbocycles. The van der Waals surface area contributed by atoms with E-state index in [2.05, 4.69) is 226 Å². The highest BCUT2D eigenvalue weighted by Crippen LogP contribution is 2.63. The molecule has 11 aromatic rings. The third kappa shape index (κ3) is 4.51. The maximum Gasteiger partial charge on any atom is 0.0723 e. The fourth-order valence-electron chi connectivity index (χ4n) is 12.6. The highest BCUT2D eigenvalue weighted by molar-refractivity contribution is 6.13. The summed E-state index contributed by atoms with van der Waals surface area (Å²) in [5.41, 5.74) is 22.3. The molecule has 4 aliphatic carbocycles. The molecule has 1 atom stereocenters. The van der Waals surface area contributed by atoms with Gasteiger partial charge in [0.2, 0.25) is 0 Å². The van der Waals surface area contributed by atoms with Crippen LogP contribution in [0.1, 0.15) is 46.4 Å². The Morgan fingerprint density at radius 1 is 0.431 bits per heavy atom. The van der Waals surface area contributed by atoms with Crippen molar-refractivity contribution in [2.24, 2.45) is 0 Å². The van der Waals surface area contributed by atoms with Crippen LogP contribution in [0.25, 0.3) is 94.4 Å². The molecule has 1 spiro atoms. The number of aromatic nitrogens is 3. The molecule has 3 aromatic heterocycles. The van der Waals surface area contributed by atoms with Gasteiger partial charge in [-0.15, -0.1) is 0 Å². The van der Waals surface area contributed by atoms with Crippen LogP contribution in [-0.2, 0) is 11.8 Å². The number of hydrogen-bond donors (Lipinski definition) is 0. The van der Waals surface area contributed by atoms with Gasteiger partial charge in [0.25, 0.3) is 0 Å². The predicted octanol–water partition coefficient (Wildman–Crippen LogP) is 14.8. The Labute approximate surface area is 376 Å². The van der Waals surface area contributed by atoms with Gasteiger partial charge in [0, 0.05) is 44.6 Å². The summed E-state index contributed by atoms with van der Waals surface area (Å²) in [5, 5.41) is 6.30. The Balaban J connectivity index is 1.08. The standard InChI is InChI=1S/C62H39N3/c1-2-18-42-43-19-4-11-27-53(43)62(52(42)26-3-1)54-28-12-5-20-44(54)50-37-51-49-25-10-17-33-60(49)65(61(51)38-55(50)62)41-35-39(63-56-29-13-6-21-45(56)46-22-7-14-30-57(46)63)34-40(36-41)64-58-31-15-8-23-47(58)48-24-9-16-32-59(48)64/h3-15,17,19-31,33-38H,16,18,32H2. The largest absolute Gasteiger partial charge is 0.313 e. The van der Waals surface area contributed by atoms with Crippen LogP contribution in [0.4, 0.5) is 0 Å². The van der Waals surface area contributed by atoms with Crippen LogP contribution in [0.15, 0.2) is 200 Å². The number of nitrogens with zero attached hydrogens (tertiary/aromatic N) is 3. The first-order valence-electron chi connectivity index (χ1n) is 22.9. The van der Waals surface area contributed by atoms with Gasteiger partial charge >= 0.3 is 0 Å². The van der Waals surface area contributed by atoms with Gasteiger partial charge in [0.05, 0.1) is 50.1 Å².